The standard InChI is InChI=1S/C15H21BrO/c1-4-6-7-8-12(5-2)13-9-10-15(17-3)14(16)11-13/h6-7,9-12H,4-5,8H2,1-3H3/b7-6-. The van der Waals surface area contributed by atoms with E-state index in [1.165, 1.54) is 5.56 Å². The molecule has 0 bridgehead atoms. The molecule has 0 N–H and O–H groups in total. The number of benzene rings is 1. The zero-order valence-electron chi connectivity index (χ0n) is 10.9. The maximum absolute atomic E-state index is 5.25. The van der Waals surface area contributed by atoms with Gasteiger partial charge in [0, 0.05) is 0 Å². The highest BCUT2D eigenvalue weighted by Crippen LogP contribution is 2.31. The fraction of sp³-hybridized carbons (Fsp3) is 0.467. The highest BCUT2D eigenvalue weighted by molar-refractivity contribution is 9.10. The Kier molecular flexibility index (Phi) is 6.35. The second kappa shape index (κ2) is 7.54. The first-order chi connectivity index (χ1) is 8.22. The van der Waals surface area contributed by atoms with Crippen molar-refractivity contribution in [3.8, 4) is 5.75 Å². The van der Waals surface area contributed by atoms with Gasteiger partial charge in [0.1, 0.15) is 5.75 Å². The molecule has 0 aliphatic heterocycles. The van der Waals surface area contributed by atoms with Crippen molar-refractivity contribution in [2.75, 3.05) is 7.11 Å². The molecule has 0 saturated carbocycles. The van der Waals surface area contributed by atoms with Gasteiger partial charge in [-0.05, 0) is 58.8 Å². The van der Waals surface area contributed by atoms with Crippen molar-refractivity contribution in [2.24, 2.45) is 0 Å². The van der Waals surface area contributed by atoms with E-state index in [1.807, 2.05) is 6.07 Å². The Bertz CT molecular complexity index is 371. The van der Waals surface area contributed by atoms with Crippen LogP contribution in [0.1, 0.15) is 44.6 Å². The summed E-state index contributed by atoms with van der Waals surface area (Å²) in [5, 5.41) is 0. The summed E-state index contributed by atoms with van der Waals surface area (Å²) in [6, 6.07) is 6.37. The van der Waals surface area contributed by atoms with Gasteiger partial charge in [-0.25, -0.2) is 0 Å². The van der Waals surface area contributed by atoms with Crippen molar-refractivity contribution < 1.29 is 4.74 Å². The van der Waals surface area contributed by atoms with Crippen molar-refractivity contribution in [1.82, 2.24) is 0 Å². The summed E-state index contributed by atoms with van der Waals surface area (Å²) in [4.78, 5) is 0. The second-order valence-corrected chi connectivity index (χ2v) is 4.97. The fourth-order valence-corrected chi connectivity index (χ4v) is 2.46. The smallest absolute Gasteiger partial charge is 0.133 e. The first kappa shape index (κ1) is 14.3. The van der Waals surface area contributed by atoms with E-state index >= 15 is 0 Å². The summed E-state index contributed by atoms with van der Waals surface area (Å²) in [5.74, 6) is 1.49. The molecule has 0 saturated heterocycles. The van der Waals surface area contributed by atoms with Gasteiger partial charge in [0.05, 0.1) is 11.6 Å². The SMILES string of the molecule is CC/C=C\CC(CC)c1ccc(OC)c(Br)c1. The van der Waals surface area contributed by atoms with Crippen LogP contribution < -0.4 is 4.74 Å². The molecule has 1 rings (SSSR count). The van der Waals surface area contributed by atoms with E-state index in [2.05, 4.69) is 54.1 Å². The predicted octanol–water partition coefficient (Wildman–Crippen LogP) is 5.31. The van der Waals surface area contributed by atoms with Crippen LogP contribution in [0.25, 0.3) is 0 Å². The van der Waals surface area contributed by atoms with E-state index < -0.39 is 0 Å². The Morgan fingerprint density at radius 1 is 1.29 bits per heavy atom. The largest absolute Gasteiger partial charge is 0.496 e. The molecular formula is C15H21BrO. The summed E-state index contributed by atoms with van der Waals surface area (Å²) in [7, 11) is 1.70. The Morgan fingerprint density at radius 3 is 2.59 bits per heavy atom. The van der Waals surface area contributed by atoms with Gasteiger partial charge in [0.2, 0.25) is 0 Å². The Balaban J connectivity index is 2.81. The summed E-state index contributed by atoms with van der Waals surface area (Å²) in [5.41, 5.74) is 1.38. The summed E-state index contributed by atoms with van der Waals surface area (Å²) in [6.07, 6.45) is 7.91. The van der Waals surface area contributed by atoms with Gasteiger partial charge in [0.15, 0.2) is 0 Å². The molecule has 0 amide bonds. The van der Waals surface area contributed by atoms with Crippen molar-refractivity contribution in [3.63, 3.8) is 0 Å². The van der Waals surface area contributed by atoms with Crippen molar-refractivity contribution in [2.45, 2.75) is 39.0 Å². The fourth-order valence-electron chi connectivity index (χ4n) is 1.90. The molecule has 1 nitrogen and oxygen atoms in total. The molecule has 0 aliphatic carbocycles. The van der Waals surface area contributed by atoms with Crippen LogP contribution in [0.5, 0.6) is 5.75 Å². The molecule has 0 heterocycles. The molecule has 0 fully saturated rings. The third-order valence-corrected chi connectivity index (χ3v) is 3.58. The molecule has 2 heteroatoms. The molecule has 1 aromatic carbocycles. The zero-order valence-corrected chi connectivity index (χ0v) is 12.5. The van der Waals surface area contributed by atoms with Gasteiger partial charge in [-0.15, -0.1) is 0 Å². The van der Waals surface area contributed by atoms with Crippen LogP contribution in [-0.4, -0.2) is 7.11 Å². The molecule has 1 atom stereocenters. The maximum atomic E-state index is 5.25. The molecule has 0 spiro atoms. The van der Waals surface area contributed by atoms with E-state index in [0.717, 1.165) is 29.5 Å². The predicted molar refractivity (Wildman–Crippen MR) is 77.8 cm³/mol. The summed E-state index contributed by atoms with van der Waals surface area (Å²) < 4.78 is 6.29. The zero-order chi connectivity index (χ0) is 12.7. The van der Waals surface area contributed by atoms with Crippen molar-refractivity contribution >= 4 is 15.9 Å². The highest BCUT2D eigenvalue weighted by Gasteiger charge is 2.09. The van der Waals surface area contributed by atoms with Gasteiger partial charge in [-0.1, -0.05) is 32.1 Å². The molecular weight excluding hydrogens is 276 g/mol. The average Bonchev–Trinajstić information content (AvgIpc) is 2.35. The van der Waals surface area contributed by atoms with Crippen LogP contribution >= 0.6 is 15.9 Å². The summed E-state index contributed by atoms with van der Waals surface area (Å²) in [6.45, 7) is 4.41. The lowest BCUT2D eigenvalue weighted by atomic mass is 9.93. The first-order valence-corrected chi connectivity index (χ1v) is 7.00. The maximum Gasteiger partial charge on any atom is 0.133 e. The van der Waals surface area contributed by atoms with E-state index in [1.54, 1.807) is 7.11 Å². The van der Waals surface area contributed by atoms with Crippen LogP contribution in [0.2, 0.25) is 0 Å². The topological polar surface area (TPSA) is 9.23 Å². The monoisotopic (exact) mass is 296 g/mol. The van der Waals surface area contributed by atoms with E-state index in [4.69, 9.17) is 4.74 Å². The van der Waals surface area contributed by atoms with Crippen LogP contribution in [0.3, 0.4) is 0 Å². The minimum atomic E-state index is 0.597. The normalized spacial score (nSPS) is 12.9. The lowest BCUT2D eigenvalue weighted by Gasteiger charge is -2.14. The summed E-state index contributed by atoms with van der Waals surface area (Å²) >= 11 is 3.54. The Labute approximate surface area is 113 Å². The third-order valence-electron chi connectivity index (χ3n) is 2.96. The first-order valence-electron chi connectivity index (χ1n) is 6.21. The molecule has 0 aliphatic rings. The number of allylic oxidation sites excluding steroid dienone is 2. The van der Waals surface area contributed by atoms with E-state index in [0.29, 0.717) is 5.92 Å². The molecule has 1 unspecified atom stereocenters. The van der Waals surface area contributed by atoms with Crippen LogP contribution in [0.4, 0.5) is 0 Å². The van der Waals surface area contributed by atoms with Gasteiger partial charge in [-0.3, -0.25) is 0 Å². The van der Waals surface area contributed by atoms with Gasteiger partial charge in [0.25, 0.3) is 0 Å². The lowest BCUT2D eigenvalue weighted by Crippen LogP contribution is -1.96. The number of ether oxygens (including phenoxy) is 1. The van der Waals surface area contributed by atoms with Crippen LogP contribution in [0.15, 0.2) is 34.8 Å². The van der Waals surface area contributed by atoms with Gasteiger partial charge >= 0.3 is 0 Å². The van der Waals surface area contributed by atoms with E-state index in [9.17, 15) is 0 Å². The number of hydrogen-bond acceptors (Lipinski definition) is 1. The molecule has 94 valence electrons. The lowest BCUT2D eigenvalue weighted by molar-refractivity contribution is 0.412. The van der Waals surface area contributed by atoms with Crippen molar-refractivity contribution in [3.05, 3.63) is 40.4 Å². The third kappa shape index (κ3) is 4.19. The second-order valence-electron chi connectivity index (χ2n) is 4.11. The van der Waals surface area contributed by atoms with Gasteiger partial charge < -0.3 is 4.74 Å². The highest BCUT2D eigenvalue weighted by atomic mass is 79.9. The number of halogens is 1. The number of methoxy groups -OCH3 is 1. The molecule has 0 aromatic heterocycles. The van der Waals surface area contributed by atoms with E-state index in [-0.39, 0.29) is 0 Å². The minimum Gasteiger partial charge on any atom is -0.496 e. The molecule has 1 aromatic rings. The van der Waals surface area contributed by atoms with Crippen LogP contribution in [-0.2, 0) is 0 Å². The van der Waals surface area contributed by atoms with Crippen molar-refractivity contribution in [1.29, 1.82) is 0 Å². The minimum absolute atomic E-state index is 0.597. The number of rotatable bonds is 6. The van der Waals surface area contributed by atoms with Crippen LogP contribution in [0, 0.1) is 0 Å². The Hall–Kier alpha value is -0.760. The average molecular weight is 297 g/mol. The Morgan fingerprint density at radius 2 is 2.06 bits per heavy atom. The van der Waals surface area contributed by atoms with Gasteiger partial charge in [-0.2, -0.15) is 0 Å². The quantitative estimate of drug-likeness (QED) is 0.647. The number of hydrogen-bond donors (Lipinski definition) is 0. The molecule has 17 heavy (non-hydrogen) atoms. The molecule has 0 radical (unpaired) electrons.